The van der Waals surface area contributed by atoms with Crippen molar-refractivity contribution in [3.63, 3.8) is 0 Å². The van der Waals surface area contributed by atoms with E-state index in [0.717, 1.165) is 29.0 Å². The van der Waals surface area contributed by atoms with Gasteiger partial charge in [0.05, 0.1) is 18.5 Å². The molecule has 1 aromatic carbocycles. The van der Waals surface area contributed by atoms with Crippen LogP contribution in [-0.2, 0) is 13.0 Å². The van der Waals surface area contributed by atoms with Gasteiger partial charge >= 0.3 is 0 Å². The Morgan fingerprint density at radius 3 is 3.13 bits per heavy atom. The topological polar surface area (TPSA) is 76.2 Å². The van der Waals surface area contributed by atoms with Crippen molar-refractivity contribution in [2.45, 2.75) is 32.9 Å². The van der Waals surface area contributed by atoms with Crippen LogP contribution in [-0.4, -0.2) is 22.9 Å². The summed E-state index contributed by atoms with van der Waals surface area (Å²) >= 11 is 5.97. The van der Waals surface area contributed by atoms with Gasteiger partial charge in [0.1, 0.15) is 22.6 Å². The Balaban J connectivity index is 1.85. The minimum Gasteiger partial charge on any atom is -0.494 e. The minimum atomic E-state index is -0.423. The van der Waals surface area contributed by atoms with Crippen molar-refractivity contribution in [2.24, 2.45) is 0 Å². The molecule has 0 spiro atoms. The molecule has 1 aromatic heterocycles. The molecule has 1 unspecified atom stereocenters. The number of nitrogens with one attached hydrogen (secondary N) is 2. The zero-order valence-corrected chi connectivity index (χ0v) is 13.7. The van der Waals surface area contributed by atoms with Crippen molar-refractivity contribution in [1.82, 2.24) is 10.2 Å². The molecule has 122 valence electrons. The van der Waals surface area contributed by atoms with Crippen molar-refractivity contribution in [2.75, 3.05) is 11.9 Å². The predicted octanol–water partition coefficient (Wildman–Crippen LogP) is 2.76. The molecule has 0 fully saturated rings. The molecule has 23 heavy (non-hydrogen) atoms. The molecule has 0 saturated heterocycles. The second-order valence-electron chi connectivity index (χ2n) is 5.41. The fraction of sp³-hybridized carbons (Fsp3) is 0.375. The highest BCUT2D eigenvalue weighted by atomic mass is 35.5. The van der Waals surface area contributed by atoms with Crippen LogP contribution >= 0.6 is 11.6 Å². The van der Waals surface area contributed by atoms with Crippen molar-refractivity contribution in [3.8, 4) is 11.5 Å². The van der Waals surface area contributed by atoms with Gasteiger partial charge in [-0.1, -0.05) is 11.6 Å². The Morgan fingerprint density at radius 1 is 1.52 bits per heavy atom. The fourth-order valence-corrected chi connectivity index (χ4v) is 2.76. The van der Waals surface area contributed by atoms with Crippen molar-refractivity contribution >= 4 is 17.3 Å². The molecular weight excluding hydrogens is 318 g/mol. The number of aromatic nitrogens is 2. The zero-order chi connectivity index (χ0) is 16.4. The van der Waals surface area contributed by atoms with E-state index in [9.17, 15) is 4.79 Å². The number of H-pyrrole nitrogens is 1. The van der Waals surface area contributed by atoms with Crippen LogP contribution in [0.3, 0.4) is 0 Å². The highest BCUT2D eigenvalue weighted by Gasteiger charge is 2.22. The van der Waals surface area contributed by atoms with Crippen LogP contribution in [0.1, 0.15) is 25.0 Å². The Hall–Kier alpha value is -2.21. The number of nitrogens with zero attached hydrogens (tertiary/aromatic N) is 1. The third kappa shape index (κ3) is 3.27. The molecule has 2 heterocycles. The van der Waals surface area contributed by atoms with Crippen LogP contribution in [0.5, 0.6) is 11.5 Å². The maximum Gasteiger partial charge on any atom is 0.285 e. The Bertz CT molecular complexity index is 776. The first-order valence-electron chi connectivity index (χ1n) is 7.50. The fourth-order valence-electron chi connectivity index (χ4n) is 2.61. The monoisotopic (exact) mass is 335 g/mol. The summed E-state index contributed by atoms with van der Waals surface area (Å²) in [6.07, 6.45) is 2.54. The highest BCUT2D eigenvalue weighted by molar-refractivity contribution is 6.32. The van der Waals surface area contributed by atoms with Gasteiger partial charge in [-0.2, -0.15) is 5.10 Å². The summed E-state index contributed by atoms with van der Waals surface area (Å²) in [7, 11) is 0. The van der Waals surface area contributed by atoms with Gasteiger partial charge in [0, 0.05) is 24.1 Å². The number of halogens is 1. The van der Waals surface area contributed by atoms with Gasteiger partial charge in [-0.15, -0.1) is 0 Å². The zero-order valence-electron chi connectivity index (χ0n) is 13.0. The van der Waals surface area contributed by atoms with E-state index in [2.05, 4.69) is 15.5 Å². The van der Waals surface area contributed by atoms with Crippen LogP contribution in [0.2, 0.25) is 5.02 Å². The number of hydrogen-bond donors (Lipinski definition) is 2. The SMILES string of the molecule is CCOc1cc2c(cc1CNc1cn[nH]c(=O)c1Cl)OC(C)C2. The lowest BCUT2D eigenvalue weighted by atomic mass is 10.1. The largest absolute Gasteiger partial charge is 0.494 e. The van der Waals surface area contributed by atoms with Gasteiger partial charge in [-0.25, -0.2) is 5.10 Å². The first kappa shape index (κ1) is 15.7. The second-order valence-corrected chi connectivity index (χ2v) is 5.79. The van der Waals surface area contributed by atoms with Crippen LogP contribution in [0.25, 0.3) is 0 Å². The third-order valence-electron chi connectivity index (χ3n) is 3.64. The molecule has 6 nitrogen and oxygen atoms in total. The average molecular weight is 336 g/mol. The van der Waals surface area contributed by atoms with Gasteiger partial charge in [0.25, 0.3) is 5.56 Å². The van der Waals surface area contributed by atoms with Gasteiger partial charge in [0.15, 0.2) is 0 Å². The number of fused-ring (bicyclic) bond motifs is 1. The lowest BCUT2D eigenvalue weighted by molar-refractivity contribution is 0.254. The summed E-state index contributed by atoms with van der Waals surface area (Å²) in [5.74, 6) is 1.69. The van der Waals surface area contributed by atoms with Crippen molar-refractivity contribution in [1.29, 1.82) is 0 Å². The summed E-state index contributed by atoms with van der Waals surface area (Å²) in [5.41, 5.74) is 2.15. The predicted molar refractivity (Wildman–Crippen MR) is 88.6 cm³/mol. The third-order valence-corrected chi connectivity index (χ3v) is 4.02. The molecule has 1 aliphatic rings. The first-order chi connectivity index (χ1) is 11.1. The van der Waals surface area contributed by atoms with E-state index in [1.165, 1.54) is 6.20 Å². The first-order valence-corrected chi connectivity index (χ1v) is 7.88. The maximum absolute atomic E-state index is 11.5. The van der Waals surface area contributed by atoms with Crippen LogP contribution in [0.15, 0.2) is 23.1 Å². The quantitative estimate of drug-likeness (QED) is 0.878. The molecule has 2 aromatic rings. The van der Waals surface area contributed by atoms with Crippen molar-refractivity contribution in [3.05, 3.63) is 44.8 Å². The molecule has 1 atom stereocenters. The number of benzene rings is 1. The summed E-state index contributed by atoms with van der Waals surface area (Å²) in [6, 6.07) is 4.00. The maximum atomic E-state index is 11.5. The lowest BCUT2D eigenvalue weighted by Gasteiger charge is -2.14. The molecule has 0 aliphatic carbocycles. The summed E-state index contributed by atoms with van der Waals surface area (Å²) in [5, 5.41) is 9.24. The van der Waals surface area contributed by atoms with E-state index < -0.39 is 5.56 Å². The Kier molecular flexibility index (Phi) is 4.43. The van der Waals surface area contributed by atoms with Gasteiger partial charge in [0.2, 0.25) is 0 Å². The van der Waals surface area contributed by atoms with E-state index in [4.69, 9.17) is 21.1 Å². The molecule has 0 saturated carbocycles. The van der Waals surface area contributed by atoms with E-state index in [1.54, 1.807) is 0 Å². The average Bonchev–Trinajstić information content (AvgIpc) is 2.88. The summed E-state index contributed by atoms with van der Waals surface area (Å²) < 4.78 is 11.5. The van der Waals surface area contributed by atoms with E-state index in [1.807, 2.05) is 26.0 Å². The number of ether oxygens (including phenoxy) is 2. The number of hydrogen-bond acceptors (Lipinski definition) is 5. The summed E-state index contributed by atoms with van der Waals surface area (Å²) in [4.78, 5) is 11.5. The molecule has 1 aliphatic heterocycles. The molecule has 0 radical (unpaired) electrons. The smallest absolute Gasteiger partial charge is 0.285 e. The van der Waals surface area contributed by atoms with E-state index >= 15 is 0 Å². The van der Waals surface area contributed by atoms with E-state index in [-0.39, 0.29) is 11.1 Å². The minimum absolute atomic E-state index is 0.0870. The van der Waals surface area contributed by atoms with Crippen LogP contribution in [0, 0.1) is 0 Å². The summed E-state index contributed by atoms with van der Waals surface area (Å²) in [6.45, 7) is 5.02. The van der Waals surface area contributed by atoms with Crippen LogP contribution < -0.4 is 20.3 Å². The molecule has 0 bridgehead atoms. The normalized spacial score (nSPS) is 15.9. The highest BCUT2D eigenvalue weighted by Crippen LogP contribution is 2.35. The number of aromatic amines is 1. The van der Waals surface area contributed by atoms with Gasteiger partial charge in [-0.05, 0) is 26.0 Å². The lowest BCUT2D eigenvalue weighted by Crippen LogP contribution is -2.12. The standard InChI is InChI=1S/C16H18ClN3O3/c1-3-22-13-5-10-4-9(2)23-14(10)6-11(13)7-18-12-8-19-20-16(21)15(12)17/h5-6,8-9H,3-4,7H2,1-2H3,(H2,18,20,21). The Labute approximate surface area is 138 Å². The van der Waals surface area contributed by atoms with Gasteiger partial charge in [-0.3, -0.25) is 4.79 Å². The van der Waals surface area contributed by atoms with Gasteiger partial charge < -0.3 is 14.8 Å². The molecule has 0 amide bonds. The Morgan fingerprint density at radius 2 is 2.35 bits per heavy atom. The molecular formula is C16H18ClN3O3. The van der Waals surface area contributed by atoms with E-state index in [0.29, 0.717) is 18.8 Å². The molecule has 2 N–H and O–H groups in total. The molecule has 3 rings (SSSR count). The number of rotatable bonds is 5. The second kappa shape index (κ2) is 6.50. The van der Waals surface area contributed by atoms with Crippen molar-refractivity contribution < 1.29 is 9.47 Å². The van der Waals surface area contributed by atoms with Crippen LogP contribution in [0.4, 0.5) is 5.69 Å². The molecule has 7 heteroatoms. The number of anilines is 1.